The van der Waals surface area contributed by atoms with E-state index in [9.17, 15) is 9.18 Å². The Morgan fingerprint density at radius 1 is 1.50 bits per heavy atom. The number of rotatable bonds is 1. The molecule has 1 aromatic carbocycles. The number of benzene rings is 1. The molecule has 0 aliphatic carbocycles. The number of carbonyl (C=O) groups excluding carboxylic acids is 1. The Labute approximate surface area is 79.1 Å². The van der Waals surface area contributed by atoms with Crippen molar-refractivity contribution >= 4 is 28.4 Å². The molecule has 0 atom stereocenters. The summed E-state index contributed by atoms with van der Waals surface area (Å²) in [6.45, 7) is 1.65. The largest absolute Gasteiger partial charge is 0.275 e. The van der Waals surface area contributed by atoms with Gasteiger partial charge in [0.05, 0.1) is 5.56 Å². The van der Waals surface area contributed by atoms with Gasteiger partial charge in [-0.15, -0.1) is 0 Å². The van der Waals surface area contributed by atoms with Gasteiger partial charge in [-0.3, -0.25) is 4.79 Å². The average Bonchev–Trinajstić information content (AvgIpc) is 1.96. The quantitative estimate of drug-likeness (QED) is 0.646. The van der Waals surface area contributed by atoms with Crippen molar-refractivity contribution in [3.8, 4) is 0 Å². The van der Waals surface area contributed by atoms with Gasteiger partial charge in [-0.05, 0) is 36.2 Å². The summed E-state index contributed by atoms with van der Waals surface area (Å²) in [4.78, 5) is 10.6. The molecular weight excluding hydrogens is 202 g/mol. The molecule has 0 aliphatic heterocycles. The standard InChI is InChI=1S/C8H5Cl2FO/c1-4-2-7(11)5(8(10)12)3-6(4)9/h2-3H,1H3. The molecule has 0 N–H and O–H groups in total. The van der Waals surface area contributed by atoms with Crippen LogP contribution in [0.15, 0.2) is 12.1 Å². The van der Waals surface area contributed by atoms with Crippen molar-refractivity contribution in [3.63, 3.8) is 0 Å². The third-order valence-corrected chi connectivity index (χ3v) is 2.07. The summed E-state index contributed by atoms with van der Waals surface area (Å²) in [6, 6.07) is 2.40. The summed E-state index contributed by atoms with van der Waals surface area (Å²) in [7, 11) is 0. The maximum atomic E-state index is 12.9. The Balaban J connectivity index is 3.33. The fraction of sp³-hybridized carbons (Fsp3) is 0.125. The lowest BCUT2D eigenvalue weighted by atomic mass is 10.1. The molecule has 0 heterocycles. The number of carbonyl (C=O) groups is 1. The van der Waals surface area contributed by atoms with E-state index in [-0.39, 0.29) is 5.56 Å². The third-order valence-electron chi connectivity index (χ3n) is 1.46. The topological polar surface area (TPSA) is 17.1 Å². The van der Waals surface area contributed by atoms with E-state index in [1.807, 2.05) is 0 Å². The molecule has 0 aliphatic rings. The van der Waals surface area contributed by atoms with Gasteiger partial charge in [0, 0.05) is 5.02 Å². The molecule has 0 bridgehead atoms. The molecule has 1 aromatic rings. The predicted molar refractivity (Wildman–Crippen MR) is 46.3 cm³/mol. The Morgan fingerprint density at radius 2 is 2.08 bits per heavy atom. The first-order valence-electron chi connectivity index (χ1n) is 3.18. The number of aryl methyl sites for hydroxylation is 1. The van der Waals surface area contributed by atoms with Gasteiger partial charge in [-0.25, -0.2) is 4.39 Å². The highest BCUT2D eigenvalue weighted by molar-refractivity contribution is 6.67. The molecular formula is C8H5Cl2FO. The van der Waals surface area contributed by atoms with Gasteiger partial charge in [0.25, 0.3) is 5.24 Å². The van der Waals surface area contributed by atoms with E-state index in [1.54, 1.807) is 6.92 Å². The van der Waals surface area contributed by atoms with Crippen molar-refractivity contribution < 1.29 is 9.18 Å². The summed E-state index contributed by atoms with van der Waals surface area (Å²) in [6.07, 6.45) is 0. The average molecular weight is 207 g/mol. The summed E-state index contributed by atoms with van der Waals surface area (Å²) >= 11 is 10.7. The first kappa shape index (κ1) is 9.49. The summed E-state index contributed by atoms with van der Waals surface area (Å²) in [5, 5.41) is -0.505. The molecule has 1 nitrogen and oxygen atoms in total. The van der Waals surface area contributed by atoms with Crippen LogP contribution in [-0.4, -0.2) is 5.24 Å². The van der Waals surface area contributed by atoms with Crippen LogP contribution < -0.4 is 0 Å². The van der Waals surface area contributed by atoms with Gasteiger partial charge in [-0.2, -0.15) is 0 Å². The molecule has 1 rings (SSSR count). The minimum Gasteiger partial charge on any atom is -0.275 e. The fourth-order valence-electron chi connectivity index (χ4n) is 0.797. The highest BCUT2D eigenvalue weighted by atomic mass is 35.5. The van der Waals surface area contributed by atoms with Crippen molar-refractivity contribution in [1.82, 2.24) is 0 Å². The lowest BCUT2D eigenvalue weighted by Gasteiger charge is -2.00. The molecule has 0 amide bonds. The van der Waals surface area contributed by atoms with E-state index in [4.69, 9.17) is 23.2 Å². The van der Waals surface area contributed by atoms with Crippen LogP contribution in [-0.2, 0) is 0 Å². The van der Waals surface area contributed by atoms with Crippen molar-refractivity contribution in [2.24, 2.45) is 0 Å². The maximum Gasteiger partial charge on any atom is 0.255 e. The molecule has 64 valence electrons. The van der Waals surface area contributed by atoms with Crippen molar-refractivity contribution in [1.29, 1.82) is 0 Å². The van der Waals surface area contributed by atoms with Gasteiger partial charge in [0.1, 0.15) is 5.82 Å². The van der Waals surface area contributed by atoms with E-state index in [2.05, 4.69) is 0 Å². The zero-order chi connectivity index (χ0) is 9.30. The molecule has 0 fully saturated rings. The highest BCUT2D eigenvalue weighted by Gasteiger charge is 2.10. The van der Waals surface area contributed by atoms with Gasteiger partial charge in [0.2, 0.25) is 0 Å². The Kier molecular flexibility index (Phi) is 2.70. The van der Waals surface area contributed by atoms with Crippen LogP contribution in [0.25, 0.3) is 0 Å². The van der Waals surface area contributed by atoms with Crippen LogP contribution in [0.1, 0.15) is 15.9 Å². The van der Waals surface area contributed by atoms with Gasteiger partial charge in [-0.1, -0.05) is 11.6 Å². The second kappa shape index (κ2) is 3.42. The maximum absolute atomic E-state index is 12.9. The molecule has 0 unspecified atom stereocenters. The van der Waals surface area contributed by atoms with E-state index in [0.717, 1.165) is 0 Å². The molecule has 0 aromatic heterocycles. The monoisotopic (exact) mass is 206 g/mol. The second-order valence-corrected chi connectivity index (χ2v) is 3.11. The summed E-state index contributed by atoms with van der Waals surface area (Å²) in [5.74, 6) is -0.642. The molecule has 0 saturated carbocycles. The number of hydrogen-bond donors (Lipinski definition) is 0. The summed E-state index contributed by atoms with van der Waals surface area (Å²) < 4.78 is 12.9. The van der Waals surface area contributed by atoms with Crippen LogP contribution in [0.3, 0.4) is 0 Å². The highest BCUT2D eigenvalue weighted by Crippen LogP contribution is 2.20. The van der Waals surface area contributed by atoms with Crippen molar-refractivity contribution in [3.05, 3.63) is 34.1 Å². The molecule has 0 spiro atoms. The van der Waals surface area contributed by atoms with E-state index >= 15 is 0 Å². The minimum absolute atomic E-state index is 0.188. The van der Waals surface area contributed by atoms with Crippen LogP contribution in [0.5, 0.6) is 0 Å². The first-order valence-corrected chi connectivity index (χ1v) is 3.93. The summed E-state index contributed by atoms with van der Waals surface area (Å²) in [5.41, 5.74) is 0.392. The first-order chi connectivity index (χ1) is 5.52. The zero-order valence-corrected chi connectivity index (χ0v) is 7.71. The van der Waals surface area contributed by atoms with Crippen LogP contribution >= 0.6 is 23.2 Å². The fourth-order valence-corrected chi connectivity index (χ4v) is 1.11. The van der Waals surface area contributed by atoms with Gasteiger partial charge < -0.3 is 0 Å². The SMILES string of the molecule is Cc1cc(F)c(C(=O)Cl)cc1Cl. The third kappa shape index (κ3) is 1.76. The Bertz CT molecular complexity index is 336. The van der Waals surface area contributed by atoms with E-state index in [0.29, 0.717) is 10.6 Å². The van der Waals surface area contributed by atoms with Crippen LogP contribution in [0.2, 0.25) is 5.02 Å². The van der Waals surface area contributed by atoms with Crippen LogP contribution in [0.4, 0.5) is 4.39 Å². The smallest absolute Gasteiger partial charge is 0.255 e. The number of halogens is 3. The zero-order valence-electron chi connectivity index (χ0n) is 6.20. The van der Waals surface area contributed by atoms with E-state index in [1.165, 1.54) is 12.1 Å². The lowest BCUT2D eigenvalue weighted by molar-refractivity contribution is 0.107. The van der Waals surface area contributed by atoms with Gasteiger partial charge in [0.15, 0.2) is 0 Å². The molecule has 4 heteroatoms. The van der Waals surface area contributed by atoms with Crippen molar-refractivity contribution in [2.75, 3.05) is 0 Å². The normalized spacial score (nSPS) is 10.0. The lowest BCUT2D eigenvalue weighted by Crippen LogP contribution is -1.95. The predicted octanol–water partition coefficient (Wildman–Crippen LogP) is 3.17. The van der Waals surface area contributed by atoms with Crippen molar-refractivity contribution in [2.45, 2.75) is 6.92 Å². The van der Waals surface area contributed by atoms with E-state index < -0.39 is 11.1 Å². The van der Waals surface area contributed by atoms with Crippen LogP contribution in [0, 0.1) is 12.7 Å². The van der Waals surface area contributed by atoms with Gasteiger partial charge >= 0.3 is 0 Å². The Hall–Kier alpha value is -0.600. The number of hydrogen-bond acceptors (Lipinski definition) is 1. The second-order valence-electron chi connectivity index (χ2n) is 2.35. The molecule has 0 radical (unpaired) electrons. The minimum atomic E-state index is -0.839. The molecule has 0 saturated heterocycles. The Morgan fingerprint density at radius 3 is 2.58 bits per heavy atom. The molecule has 12 heavy (non-hydrogen) atoms.